The minimum Gasteiger partial charge on any atom is -0.457 e. The van der Waals surface area contributed by atoms with Gasteiger partial charge in [-0.3, -0.25) is 19.3 Å². The van der Waals surface area contributed by atoms with Gasteiger partial charge in [-0.05, 0) is 36.4 Å². The van der Waals surface area contributed by atoms with Gasteiger partial charge >= 0.3 is 0 Å². The summed E-state index contributed by atoms with van der Waals surface area (Å²) in [7, 11) is 0. The van der Waals surface area contributed by atoms with Crippen molar-refractivity contribution in [3.63, 3.8) is 0 Å². The van der Waals surface area contributed by atoms with Crippen molar-refractivity contribution in [1.82, 2.24) is 9.80 Å². The van der Waals surface area contributed by atoms with Gasteiger partial charge in [0.15, 0.2) is 6.23 Å². The van der Waals surface area contributed by atoms with Crippen LogP contribution in [0.2, 0.25) is 0 Å². The van der Waals surface area contributed by atoms with Crippen LogP contribution in [0.25, 0.3) is 0 Å². The maximum atomic E-state index is 12.4. The number of hydrogen-bond acceptors (Lipinski definition) is 7. The molecule has 0 radical (unpaired) electrons. The Labute approximate surface area is 165 Å². The van der Waals surface area contributed by atoms with E-state index in [1.54, 1.807) is 12.1 Å². The summed E-state index contributed by atoms with van der Waals surface area (Å²) in [6.07, 6.45) is -1.18. The molecule has 29 heavy (non-hydrogen) atoms. The number of fused-ring (bicyclic) bond motifs is 2. The van der Waals surface area contributed by atoms with Gasteiger partial charge in [-0.1, -0.05) is 0 Å². The first-order chi connectivity index (χ1) is 14.0. The largest absolute Gasteiger partial charge is 0.457 e. The van der Waals surface area contributed by atoms with Crippen molar-refractivity contribution in [1.29, 1.82) is 0 Å². The van der Waals surface area contributed by atoms with Crippen LogP contribution in [0, 0.1) is 0 Å². The Bertz CT molecular complexity index is 1020. The molecule has 2 aliphatic rings. The molecule has 0 spiro atoms. The molecule has 2 aromatic carbocycles. The Morgan fingerprint density at radius 3 is 2.10 bits per heavy atom. The molecule has 3 N–H and O–H groups in total. The van der Waals surface area contributed by atoms with Gasteiger partial charge < -0.3 is 25.0 Å². The Morgan fingerprint density at radius 2 is 1.41 bits per heavy atom. The number of aliphatic hydroxyl groups is 3. The molecule has 0 saturated heterocycles. The molecule has 3 amide bonds. The monoisotopic (exact) mass is 398 g/mol. The Morgan fingerprint density at radius 1 is 0.793 bits per heavy atom. The standard InChI is InChI=1S/C20H18N2O7/c23-7-5-21-17(25)13-3-1-11(9-15(13)19(21)27)29-12-2-4-14-16(10-12)20(28)22(6-8-24)18(14)26/h1-4,9-10,19,23-24,27H,5-8H2. The molecule has 2 aliphatic heterocycles. The Balaban J connectivity index is 1.59. The SMILES string of the molecule is O=C1c2ccc(Oc3ccc4c(c3)C(O)N(CCO)C4=O)cc2C(=O)N1CCO. The first-order valence-corrected chi connectivity index (χ1v) is 8.99. The van der Waals surface area contributed by atoms with E-state index < -0.39 is 18.0 Å². The summed E-state index contributed by atoms with van der Waals surface area (Å²) >= 11 is 0. The fourth-order valence-corrected chi connectivity index (χ4v) is 3.55. The second kappa shape index (κ2) is 7.28. The molecule has 0 bridgehead atoms. The number of ether oxygens (including phenoxy) is 1. The molecular weight excluding hydrogens is 380 g/mol. The highest BCUT2D eigenvalue weighted by atomic mass is 16.5. The number of benzene rings is 2. The fourth-order valence-electron chi connectivity index (χ4n) is 3.55. The summed E-state index contributed by atoms with van der Waals surface area (Å²) in [5.41, 5.74) is 1.12. The third kappa shape index (κ3) is 3.05. The minimum absolute atomic E-state index is 0.0101. The molecule has 9 nitrogen and oxygen atoms in total. The van der Waals surface area contributed by atoms with E-state index in [4.69, 9.17) is 14.9 Å². The van der Waals surface area contributed by atoms with E-state index in [2.05, 4.69) is 0 Å². The predicted octanol–water partition coefficient (Wildman–Crippen LogP) is 0.506. The van der Waals surface area contributed by atoms with Gasteiger partial charge in [0.2, 0.25) is 0 Å². The van der Waals surface area contributed by atoms with E-state index in [1.807, 2.05) is 0 Å². The van der Waals surface area contributed by atoms with Crippen LogP contribution in [0.15, 0.2) is 36.4 Å². The smallest absolute Gasteiger partial charge is 0.261 e. The average molecular weight is 398 g/mol. The van der Waals surface area contributed by atoms with E-state index in [-0.39, 0.29) is 43.3 Å². The van der Waals surface area contributed by atoms with E-state index in [1.165, 1.54) is 24.3 Å². The molecule has 0 saturated carbocycles. The van der Waals surface area contributed by atoms with E-state index in [0.29, 0.717) is 22.6 Å². The lowest BCUT2D eigenvalue weighted by Gasteiger charge is -2.19. The van der Waals surface area contributed by atoms with Crippen LogP contribution >= 0.6 is 0 Å². The fraction of sp³-hybridized carbons (Fsp3) is 0.250. The molecule has 0 aromatic heterocycles. The van der Waals surface area contributed by atoms with Gasteiger partial charge in [0.1, 0.15) is 11.5 Å². The van der Waals surface area contributed by atoms with E-state index >= 15 is 0 Å². The number of hydrogen-bond donors (Lipinski definition) is 3. The molecular formula is C20H18N2O7. The summed E-state index contributed by atoms with van der Waals surface area (Å²) < 4.78 is 5.76. The van der Waals surface area contributed by atoms with Gasteiger partial charge in [-0.25, -0.2) is 0 Å². The van der Waals surface area contributed by atoms with Crippen LogP contribution < -0.4 is 4.74 Å². The summed E-state index contributed by atoms with van der Waals surface area (Å²) in [6, 6.07) is 9.08. The Kier molecular flexibility index (Phi) is 4.79. The number of nitrogens with zero attached hydrogens (tertiary/aromatic N) is 2. The topological polar surface area (TPSA) is 128 Å². The number of β-amino-alcohol motifs (C(OH)–C–C–N with tert-alkyl or cyclic N) is 2. The van der Waals surface area contributed by atoms with E-state index in [9.17, 15) is 19.5 Å². The highest BCUT2D eigenvalue weighted by Crippen LogP contribution is 2.36. The van der Waals surface area contributed by atoms with Crippen LogP contribution in [0.4, 0.5) is 0 Å². The summed E-state index contributed by atoms with van der Waals surface area (Å²) in [5, 5.41) is 28.4. The maximum absolute atomic E-state index is 12.4. The molecule has 9 heteroatoms. The molecule has 2 heterocycles. The van der Waals surface area contributed by atoms with Crippen LogP contribution in [0.3, 0.4) is 0 Å². The second-order valence-electron chi connectivity index (χ2n) is 6.64. The van der Waals surface area contributed by atoms with Gasteiger partial charge in [-0.2, -0.15) is 0 Å². The molecule has 0 aliphatic carbocycles. The average Bonchev–Trinajstić information content (AvgIpc) is 3.09. The van der Waals surface area contributed by atoms with Crippen molar-refractivity contribution < 1.29 is 34.4 Å². The summed E-state index contributed by atoms with van der Waals surface area (Å²) in [6.45, 7) is -0.659. The zero-order chi connectivity index (χ0) is 20.7. The molecule has 4 rings (SSSR count). The third-order valence-electron chi connectivity index (χ3n) is 4.93. The third-order valence-corrected chi connectivity index (χ3v) is 4.93. The van der Waals surface area contributed by atoms with Crippen LogP contribution in [0.1, 0.15) is 42.9 Å². The van der Waals surface area contributed by atoms with Crippen molar-refractivity contribution in [3.8, 4) is 11.5 Å². The molecule has 0 fully saturated rings. The number of aliphatic hydroxyl groups excluding tert-OH is 3. The zero-order valence-electron chi connectivity index (χ0n) is 15.2. The van der Waals surface area contributed by atoms with Crippen LogP contribution in [0.5, 0.6) is 11.5 Å². The summed E-state index contributed by atoms with van der Waals surface area (Å²) in [5.74, 6) is -0.696. The molecule has 1 unspecified atom stereocenters. The molecule has 1 atom stereocenters. The van der Waals surface area contributed by atoms with Gasteiger partial charge in [-0.15, -0.1) is 0 Å². The number of carbonyl (C=O) groups excluding carboxylic acids is 3. The quantitative estimate of drug-likeness (QED) is 0.605. The normalized spacial score (nSPS) is 17.8. The van der Waals surface area contributed by atoms with Crippen LogP contribution in [-0.4, -0.2) is 69.1 Å². The highest BCUT2D eigenvalue weighted by molar-refractivity contribution is 6.21. The first kappa shape index (κ1) is 19.1. The zero-order valence-corrected chi connectivity index (χ0v) is 15.2. The lowest BCUT2D eigenvalue weighted by Crippen LogP contribution is -2.32. The van der Waals surface area contributed by atoms with Crippen molar-refractivity contribution in [2.45, 2.75) is 6.23 Å². The van der Waals surface area contributed by atoms with Crippen LogP contribution in [-0.2, 0) is 0 Å². The second-order valence-corrected chi connectivity index (χ2v) is 6.64. The highest BCUT2D eigenvalue weighted by Gasteiger charge is 2.36. The van der Waals surface area contributed by atoms with Crippen molar-refractivity contribution in [2.75, 3.05) is 26.3 Å². The maximum Gasteiger partial charge on any atom is 0.261 e. The van der Waals surface area contributed by atoms with Gasteiger partial charge in [0.05, 0.1) is 30.9 Å². The number of rotatable bonds is 6. The lowest BCUT2D eigenvalue weighted by molar-refractivity contribution is 0.0108. The molecule has 2 aromatic rings. The first-order valence-electron chi connectivity index (χ1n) is 8.99. The summed E-state index contributed by atoms with van der Waals surface area (Å²) in [4.78, 5) is 39.0. The van der Waals surface area contributed by atoms with Crippen molar-refractivity contribution >= 4 is 17.7 Å². The Hall–Kier alpha value is -3.27. The number of imide groups is 1. The number of carbonyl (C=O) groups is 3. The van der Waals surface area contributed by atoms with Gasteiger partial charge in [0.25, 0.3) is 17.7 Å². The lowest BCUT2D eigenvalue weighted by atomic mass is 10.1. The van der Waals surface area contributed by atoms with E-state index in [0.717, 1.165) is 9.80 Å². The van der Waals surface area contributed by atoms with Crippen molar-refractivity contribution in [3.05, 3.63) is 58.7 Å². The predicted molar refractivity (Wildman–Crippen MR) is 98.5 cm³/mol. The number of amides is 3. The van der Waals surface area contributed by atoms with Crippen molar-refractivity contribution in [2.24, 2.45) is 0 Å². The molecule has 150 valence electrons. The minimum atomic E-state index is -1.18. The van der Waals surface area contributed by atoms with Gasteiger partial charge in [0, 0.05) is 17.7 Å².